The number of likely N-dealkylation sites (tertiary alicyclic amines) is 1. The summed E-state index contributed by atoms with van der Waals surface area (Å²) in [6, 6.07) is 19.0. The van der Waals surface area contributed by atoms with E-state index in [2.05, 4.69) is 77.1 Å². The largest absolute Gasteiger partial charge is 0.299 e. The highest BCUT2D eigenvalue weighted by molar-refractivity contribution is 7.99. The predicted molar refractivity (Wildman–Crippen MR) is 109 cm³/mol. The smallest absolute Gasteiger partial charge is 0.0345 e. The molecule has 2 aliphatic rings. The van der Waals surface area contributed by atoms with Crippen molar-refractivity contribution in [3.05, 3.63) is 59.7 Å². The normalized spacial score (nSPS) is 22.4. The van der Waals surface area contributed by atoms with Crippen molar-refractivity contribution in [3.8, 4) is 11.1 Å². The molecule has 3 heteroatoms. The molecule has 0 spiro atoms. The van der Waals surface area contributed by atoms with Crippen LogP contribution in [0, 0.1) is 0 Å². The van der Waals surface area contributed by atoms with E-state index in [0.717, 1.165) is 6.54 Å². The van der Waals surface area contributed by atoms with Crippen LogP contribution in [0.15, 0.2) is 48.5 Å². The molecule has 2 nitrogen and oxygen atoms in total. The van der Waals surface area contributed by atoms with Gasteiger partial charge in [0, 0.05) is 37.2 Å². The quantitative estimate of drug-likeness (QED) is 0.789. The van der Waals surface area contributed by atoms with Crippen molar-refractivity contribution in [1.82, 2.24) is 9.80 Å². The van der Waals surface area contributed by atoms with Gasteiger partial charge in [0.2, 0.25) is 0 Å². The summed E-state index contributed by atoms with van der Waals surface area (Å²) in [6.45, 7) is 4.77. The van der Waals surface area contributed by atoms with Crippen molar-refractivity contribution in [3.63, 3.8) is 0 Å². The Morgan fingerprint density at radius 3 is 2.12 bits per heavy atom. The van der Waals surface area contributed by atoms with E-state index in [9.17, 15) is 0 Å². The first-order valence-corrected chi connectivity index (χ1v) is 10.6. The van der Waals surface area contributed by atoms with Crippen LogP contribution in [0.1, 0.15) is 30.0 Å². The molecule has 2 aromatic rings. The molecule has 0 saturated carbocycles. The Bertz CT molecular complexity index is 674. The Kier molecular flexibility index (Phi) is 5.45. The van der Waals surface area contributed by atoms with Crippen LogP contribution >= 0.6 is 11.8 Å². The summed E-state index contributed by atoms with van der Waals surface area (Å²) in [4.78, 5) is 5.04. The molecule has 0 N–H and O–H groups in total. The molecule has 1 unspecified atom stereocenters. The summed E-state index contributed by atoms with van der Waals surface area (Å²) in [5.74, 6) is 2.56. The van der Waals surface area contributed by atoms with E-state index in [1.807, 2.05) is 0 Å². The van der Waals surface area contributed by atoms with Gasteiger partial charge in [0.25, 0.3) is 0 Å². The van der Waals surface area contributed by atoms with Crippen molar-refractivity contribution in [2.45, 2.75) is 25.4 Å². The van der Waals surface area contributed by atoms with Crippen LogP contribution in [0.2, 0.25) is 0 Å². The fourth-order valence-corrected chi connectivity index (χ4v) is 5.03. The van der Waals surface area contributed by atoms with Crippen LogP contribution in [0.25, 0.3) is 11.1 Å². The second-order valence-corrected chi connectivity index (χ2v) is 8.57. The molecule has 0 aromatic heterocycles. The number of benzene rings is 2. The second-order valence-electron chi connectivity index (χ2n) is 7.35. The molecule has 2 heterocycles. The molecule has 2 fully saturated rings. The molecular formula is C22H28N2S. The highest BCUT2D eigenvalue weighted by atomic mass is 32.2. The molecule has 0 bridgehead atoms. The third-order valence-electron chi connectivity index (χ3n) is 5.61. The second kappa shape index (κ2) is 7.94. The maximum atomic E-state index is 2.57. The van der Waals surface area contributed by atoms with Crippen LogP contribution in [0.5, 0.6) is 0 Å². The molecule has 1 atom stereocenters. The molecule has 2 aromatic carbocycles. The molecule has 132 valence electrons. The summed E-state index contributed by atoms with van der Waals surface area (Å²) >= 11 is 2.07. The minimum absolute atomic E-state index is 0.610. The molecule has 2 aliphatic heterocycles. The number of hydrogen-bond acceptors (Lipinski definition) is 3. The van der Waals surface area contributed by atoms with E-state index in [-0.39, 0.29) is 0 Å². The van der Waals surface area contributed by atoms with Crippen LogP contribution in [-0.2, 0) is 6.54 Å². The van der Waals surface area contributed by atoms with Gasteiger partial charge in [-0.05, 0) is 48.7 Å². The topological polar surface area (TPSA) is 6.48 Å². The Labute approximate surface area is 156 Å². The molecule has 4 rings (SSSR count). The summed E-state index contributed by atoms with van der Waals surface area (Å²) < 4.78 is 0. The maximum absolute atomic E-state index is 2.57. The van der Waals surface area contributed by atoms with Gasteiger partial charge in [-0.3, -0.25) is 9.80 Å². The van der Waals surface area contributed by atoms with Crippen LogP contribution in [0.3, 0.4) is 0 Å². The van der Waals surface area contributed by atoms with E-state index in [0.29, 0.717) is 6.04 Å². The Balaban J connectivity index is 1.42. The summed E-state index contributed by atoms with van der Waals surface area (Å²) in [5, 5.41) is 0. The van der Waals surface area contributed by atoms with Crippen molar-refractivity contribution < 1.29 is 0 Å². The average molecular weight is 353 g/mol. The molecule has 0 aliphatic carbocycles. The molecule has 0 amide bonds. The van der Waals surface area contributed by atoms with Crippen molar-refractivity contribution in [1.29, 1.82) is 0 Å². The van der Waals surface area contributed by atoms with Gasteiger partial charge in [-0.15, -0.1) is 0 Å². The zero-order valence-electron chi connectivity index (χ0n) is 15.2. The van der Waals surface area contributed by atoms with Crippen LogP contribution in [-0.4, -0.2) is 48.0 Å². The lowest BCUT2D eigenvalue weighted by Crippen LogP contribution is -2.31. The lowest BCUT2D eigenvalue weighted by Gasteiger charge is -2.26. The minimum atomic E-state index is 0.610. The van der Waals surface area contributed by atoms with E-state index in [4.69, 9.17) is 0 Å². The standard InChI is InChI=1S/C22H28N2S/c1-23-12-2-3-22(23)21-10-8-20(9-11-21)19-6-4-18(5-7-19)17-24-13-15-25-16-14-24/h4-11,22H,2-3,12-17H2,1H3. The third kappa shape index (κ3) is 4.11. The molecule has 2 saturated heterocycles. The first-order valence-electron chi connectivity index (χ1n) is 9.49. The monoisotopic (exact) mass is 352 g/mol. The third-order valence-corrected chi connectivity index (χ3v) is 6.56. The van der Waals surface area contributed by atoms with Gasteiger partial charge in [0.05, 0.1) is 0 Å². The number of hydrogen-bond donors (Lipinski definition) is 0. The summed E-state index contributed by atoms with van der Waals surface area (Å²) in [7, 11) is 2.24. The fourth-order valence-electron chi connectivity index (χ4n) is 4.05. The highest BCUT2D eigenvalue weighted by Gasteiger charge is 2.22. The number of nitrogens with zero attached hydrogens (tertiary/aromatic N) is 2. The van der Waals surface area contributed by atoms with Crippen LogP contribution in [0.4, 0.5) is 0 Å². The van der Waals surface area contributed by atoms with E-state index < -0.39 is 0 Å². The van der Waals surface area contributed by atoms with Gasteiger partial charge in [0.15, 0.2) is 0 Å². The van der Waals surface area contributed by atoms with Gasteiger partial charge >= 0.3 is 0 Å². The van der Waals surface area contributed by atoms with Gasteiger partial charge in [-0.25, -0.2) is 0 Å². The lowest BCUT2D eigenvalue weighted by molar-refractivity contribution is 0.294. The van der Waals surface area contributed by atoms with E-state index >= 15 is 0 Å². The van der Waals surface area contributed by atoms with E-state index in [1.165, 1.54) is 66.2 Å². The van der Waals surface area contributed by atoms with Gasteiger partial charge in [-0.1, -0.05) is 48.5 Å². The first kappa shape index (κ1) is 17.1. The molecule has 0 radical (unpaired) electrons. The zero-order chi connectivity index (χ0) is 17.1. The zero-order valence-corrected chi connectivity index (χ0v) is 16.0. The number of thioether (sulfide) groups is 1. The highest BCUT2D eigenvalue weighted by Crippen LogP contribution is 2.31. The van der Waals surface area contributed by atoms with E-state index in [1.54, 1.807) is 0 Å². The SMILES string of the molecule is CN1CCCC1c1ccc(-c2ccc(CN3CCSCC3)cc2)cc1. The average Bonchev–Trinajstić information content (AvgIpc) is 3.09. The van der Waals surface area contributed by atoms with Gasteiger partial charge < -0.3 is 0 Å². The summed E-state index contributed by atoms with van der Waals surface area (Å²) in [6.07, 6.45) is 2.61. The maximum Gasteiger partial charge on any atom is 0.0345 e. The minimum Gasteiger partial charge on any atom is -0.299 e. The van der Waals surface area contributed by atoms with Crippen LogP contribution < -0.4 is 0 Å². The lowest BCUT2D eigenvalue weighted by atomic mass is 9.99. The van der Waals surface area contributed by atoms with Gasteiger partial charge in [0.1, 0.15) is 0 Å². The Morgan fingerprint density at radius 2 is 1.52 bits per heavy atom. The van der Waals surface area contributed by atoms with Crippen molar-refractivity contribution in [2.24, 2.45) is 0 Å². The van der Waals surface area contributed by atoms with Crippen molar-refractivity contribution >= 4 is 11.8 Å². The molecule has 25 heavy (non-hydrogen) atoms. The summed E-state index contributed by atoms with van der Waals surface area (Å²) in [5.41, 5.74) is 5.54. The number of rotatable bonds is 4. The Hall–Kier alpha value is -1.29. The predicted octanol–water partition coefficient (Wildman–Crippen LogP) is 4.67. The van der Waals surface area contributed by atoms with Crippen molar-refractivity contribution in [2.75, 3.05) is 38.2 Å². The van der Waals surface area contributed by atoms with Gasteiger partial charge in [-0.2, -0.15) is 11.8 Å². The first-order chi connectivity index (χ1) is 12.3. The Morgan fingerprint density at radius 1 is 0.880 bits per heavy atom. The molecular weight excluding hydrogens is 324 g/mol. The fraction of sp³-hybridized carbons (Fsp3) is 0.455.